The lowest BCUT2D eigenvalue weighted by molar-refractivity contribution is 0.249. The predicted octanol–water partition coefficient (Wildman–Crippen LogP) is 7.52. The summed E-state index contributed by atoms with van der Waals surface area (Å²) in [5, 5.41) is 0. The Bertz CT molecular complexity index is 699. The molecule has 2 aromatic rings. The molecule has 0 spiro atoms. The SMILES string of the molecule is CCCCCC1CCC(CCc2ccc(-c3ccc(C)cn3)c(F)c2)CC1. The summed E-state index contributed by atoms with van der Waals surface area (Å²) in [6.45, 7) is 4.28. The van der Waals surface area contributed by atoms with Gasteiger partial charge in [0.05, 0.1) is 5.69 Å². The first-order valence-corrected chi connectivity index (χ1v) is 10.9. The van der Waals surface area contributed by atoms with Gasteiger partial charge in [0.1, 0.15) is 5.82 Å². The molecule has 1 aromatic carbocycles. The number of benzene rings is 1. The van der Waals surface area contributed by atoms with Crippen LogP contribution in [-0.4, -0.2) is 4.98 Å². The monoisotopic (exact) mass is 367 g/mol. The Balaban J connectivity index is 1.48. The Morgan fingerprint density at radius 1 is 0.963 bits per heavy atom. The van der Waals surface area contributed by atoms with E-state index in [1.165, 1.54) is 57.8 Å². The van der Waals surface area contributed by atoms with Gasteiger partial charge < -0.3 is 0 Å². The van der Waals surface area contributed by atoms with Crippen LogP contribution in [0.3, 0.4) is 0 Å². The summed E-state index contributed by atoms with van der Waals surface area (Å²) in [5.41, 5.74) is 3.53. The molecule has 1 aliphatic rings. The quantitative estimate of drug-likeness (QED) is 0.440. The Morgan fingerprint density at radius 2 is 1.70 bits per heavy atom. The zero-order chi connectivity index (χ0) is 19.1. The van der Waals surface area contributed by atoms with E-state index in [9.17, 15) is 4.39 Å². The van der Waals surface area contributed by atoms with Crippen molar-refractivity contribution in [3.8, 4) is 11.3 Å². The fourth-order valence-corrected chi connectivity index (χ4v) is 4.41. The standard InChI is InChI=1S/C25H34FN/c1-3-4-5-6-20-8-10-21(11-9-20)12-13-22-14-15-23(24(26)17-22)25-16-7-19(2)18-27-25/h7,14-18,20-21H,3-6,8-13H2,1-2H3. The topological polar surface area (TPSA) is 12.9 Å². The van der Waals surface area contributed by atoms with E-state index >= 15 is 0 Å². The fraction of sp³-hybridized carbons (Fsp3) is 0.560. The molecule has 0 radical (unpaired) electrons. The highest BCUT2D eigenvalue weighted by molar-refractivity contribution is 5.60. The third-order valence-corrected chi connectivity index (χ3v) is 6.24. The van der Waals surface area contributed by atoms with Crippen LogP contribution in [0.5, 0.6) is 0 Å². The van der Waals surface area contributed by atoms with Crippen LogP contribution in [0.2, 0.25) is 0 Å². The number of nitrogens with zero attached hydrogens (tertiary/aromatic N) is 1. The Kier molecular flexibility index (Phi) is 7.43. The highest BCUT2D eigenvalue weighted by Crippen LogP contribution is 2.34. The van der Waals surface area contributed by atoms with Gasteiger partial charge in [-0.1, -0.05) is 70.4 Å². The fourth-order valence-electron chi connectivity index (χ4n) is 4.41. The normalized spacial score (nSPS) is 20.0. The molecular weight excluding hydrogens is 333 g/mol. The van der Waals surface area contributed by atoms with Gasteiger partial charge in [-0.2, -0.15) is 0 Å². The average Bonchev–Trinajstić information content (AvgIpc) is 2.68. The molecule has 0 aliphatic heterocycles. The molecule has 0 amide bonds. The smallest absolute Gasteiger partial charge is 0.132 e. The number of pyridine rings is 1. The molecule has 0 N–H and O–H groups in total. The number of hydrogen-bond acceptors (Lipinski definition) is 1. The maximum atomic E-state index is 14.6. The third-order valence-electron chi connectivity index (χ3n) is 6.24. The van der Waals surface area contributed by atoms with Gasteiger partial charge in [-0.15, -0.1) is 0 Å². The average molecular weight is 368 g/mol. The summed E-state index contributed by atoms with van der Waals surface area (Å²) in [6, 6.07) is 9.57. The molecule has 0 saturated heterocycles. The summed E-state index contributed by atoms with van der Waals surface area (Å²) >= 11 is 0. The summed E-state index contributed by atoms with van der Waals surface area (Å²) < 4.78 is 14.6. The van der Waals surface area contributed by atoms with Gasteiger partial charge in [0.25, 0.3) is 0 Å². The minimum atomic E-state index is -0.150. The molecule has 1 aromatic heterocycles. The minimum absolute atomic E-state index is 0.150. The van der Waals surface area contributed by atoms with Gasteiger partial charge in [0, 0.05) is 11.8 Å². The van der Waals surface area contributed by atoms with Crippen molar-refractivity contribution in [2.45, 2.75) is 78.1 Å². The van der Waals surface area contributed by atoms with E-state index in [-0.39, 0.29) is 5.82 Å². The van der Waals surface area contributed by atoms with Crippen molar-refractivity contribution in [1.29, 1.82) is 0 Å². The van der Waals surface area contributed by atoms with Crippen molar-refractivity contribution in [2.75, 3.05) is 0 Å². The molecule has 1 aliphatic carbocycles. The first kappa shape index (κ1) is 20.0. The Morgan fingerprint density at radius 3 is 2.33 bits per heavy atom. The lowest BCUT2D eigenvalue weighted by atomic mass is 9.78. The highest BCUT2D eigenvalue weighted by Gasteiger charge is 2.20. The zero-order valence-corrected chi connectivity index (χ0v) is 17.0. The van der Waals surface area contributed by atoms with Gasteiger partial charge in [-0.3, -0.25) is 4.98 Å². The summed E-state index contributed by atoms with van der Waals surface area (Å²) in [5.74, 6) is 1.64. The lowest BCUT2D eigenvalue weighted by Crippen LogP contribution is -2.15. The van der Waals surface area contributed by atoms with E-state index in [4.69, 9.17) is 0 Å². The van der Waals surface area contributed by atoms with Gasteiger partial charge in [-0.05, 0) is 60.9 Å². The van der Waals surface area contributed by atoms with Crippen LogP contribution in [0.25, 0.3) is 11.3 Å². The second-order valence-corrected chi connectivity index (χ2v) is 8.46. The van der Waals surface area contributed by atoms with E-state index in [1.807, 2.05) is 25.1 Å². The largest absolute Gasteiger partial charge is 0.256 e. The van der Waals surface area contributed by atoms with E-state index in [2.05, 4.69) is 18.0 Å². The van der Waals surface area contributed by atoms with Crippen molar-refractivity contribution >= 4 is 0 Å². The van der Waals surface area contributed by atoms with Crippen LogP contribution >= 0.6 is 0 Å². The van der Waals surface area contributed by atoms with E-state index in [1.54, 1.807) is 12.3 Å². The van der Waals surface area contributed by atoms with Crippen LogP contribution in [0, 0.1) is 24.6 Å². The highest BCUT2D eigenvalue weighted by atomic mass is 19.1. The van der Waals surface area contributed by atoms with Crippen molar-refractivity contribution in [3.63, 3.8) is 0 Å². The van der Waals surface area contributed by atoms with Crippen molar-refractivity contribution < 1.29 is 4.39 Å². The molecule has 0 unspecified atom stereocenters. The zero-order valence-electron chi connectivity index (χ0n) is 17.0. The second-order valence-electron chi connectivity index (χ2n) is 8.46. The summed E-state index contributed by atoms with van der Waals surface area (Å²) in [6.07, 6.45) is 15.1. The first-order chi connectivity index (χ1) is 13.2. The van der Waals surface area contributed by atoms with E-state index in [0.29, 0.717) is 11.3 Å². The van der Waals surface area contributed by atoms with Gasteiger partial charge >= 0.3 is 0 Å². The van der Waals surface area contributed by atoms with Crippen LogP contribution in [0.4, 0.5) is 4.39 Å². The molecule has 1 nitrogen and oxygen atoms in total. The van der Waals surface area contributed by atoms with Gasteiger partial charge in [-0.25, -0.2) is 4.39 Å². The van der Waals surface area contributed by atoms with E-state index < -0.39 is 0 Å². The van der Waals surface area contributed by atoms with Crippen LogP contribution in [0.15, 0.2) is 36.5 Å². The molecular formula is C25H34FN. The molecule has 2 heteroatoms. The molecule has 146 valence electrons. The van der Waals surface area contributed by atoms with Crippen LogP contribution in [0.1, 0.15) is 75.8 Å². The van der Waals surface area contributed by atoms with Crippen LogP contribution < -0.4 is 0 Å². The molecule has 1 heterocycles. The minimum Gasteiger partial charge on any atom is -0.256 e. The molecule has 0 bridgehead atoms. The number of rotatable bonds is 8. The summed E-state index contributed by atoms with van der Waals surface area (Å²) in [7, 11) is 0. The maximum Gasteiger partial charge on any atom is 0.132 e. The van der Waals surface area contributed by atoms with Crippen molar-refractivity contribution in [3.05, 3.63) is 53.5 Å². The number of halogens is 1. The number of aryl methyl sites for hydroxylation is 2. The van der Waals surface area contributed by atoms with Crippen molar-refractivity contribution in [2.24, 2.45) is 11.8 Å². The predicted molar refractivity (Wildman–Crippen MR) is 112 cm³/mol. The molecule has 1 fully saturated rings. The maximum absolute atomic E-state index is 14.6. The third kappa shape index (κ3) is 5.89. The lowest BCUT2D eigenvalue weighted by Gasteiger charge is -2.28. The Hall–Kier alpha value is -1.70. The second kappa shape index (κ2) is 10.0. The molecule has 3 rings (SSSR count). The number of hydrogen-bond donors (Lipinski definition) is 0. The van der Waals surface area contributed by atoms with Crippen LogP contribution in [-0.2, 0) is 6.42 Å². The molecule has 1 saturated carbocycles. The Labute approximate surface area is 164 Å². The van der Waals surface area contributed by atoms with Gasteiger partial charge in [0.15, 0.2) is 0 Å². The summed E-state index contributed by atoms with van der Waals surface area (Å²) in [4.78, 5) is 4.35. The molecule has 27 heavy (non-hydrogen) atoms. The molecule has 0 atom stereocenters. The van der Waals surface area contributed by atoms with Gasteiger partial charge in [0.2, 0.25) is 0 Å². The first-order valence-electron chi connectivity index (χ1n) is 10.9. The number of unbranched alkanes of at least 4 members (excludes halogenated alkanes) is 2. The van der Waals surface area contributed by atoms with E-state index in [0.717, 1.165) is 29.4 Å². The number of aromatic nitrogens is 1. The van der Waals surface area contributed by atoms with Crippen molar-refractivity contribution in [1.82, 2.24) is 4.98 Å².